The first-order valence-corrected chi connectivity index (χ1v) is 8.64. The number of ether oxygens (including phenoxy) is 2. The van der Waals surface area contributed by atoms with Gasteiger partial charge in [0.2, 0.25) is 0 Å². The predicted molar refractivity (Wildman–Crippen MR) is 93.6 cm³/mol. The van der Waals surface area contributed by atoms with E-state index in [1.807, 2.05) is 12.1 Å². The molecule has 0 amide bonds. The van der Waals surface area contributed by atoms with Gasteiger partial charge in [0.25, 0.3) is 0 Å². The number of aliphatic hydroxyl groups excluding tert-OH is 1. The van der Waals surface area contributed by atoms with Crippen LogP contribution in [0.4, 0.5) is 0 Å². The quantitative estimate of drug-likeness (QED) is 0.867. The van der Waals surface area contributed by atoms with E-state index in [4.69, 9.17) is 9.47 Å². The van der Waals surface area contributed by atoms with Crippen molar-refractivity contribution in [2.75, 3.05) is 20.2 Å². The number of rotatable bonds is 3. The molecule has 3 atom stereocenters. The van der Waals surface area contributed by atoms with Crippen molar-refractivity contribution in [2.24, 2.45) is 0 Å². The van der Waals surface area contributed by atoms with Crippen LogP contribution in [0.25, 0.3) is 0 Å². The number of aliphatic hydroxyl groups is 1. The van der Waals surface area contributed by atoms with Gasteiger partial charge in [0.1, 0.15) is 6.10 Å². The van der Waals surface area contributed by atoms with Gasteiger partial charge in [0.05, 0.1) is 18.6 Å². The van der Waals surface area contributed by atoms with Crippen LogP contribution >= 0.6 is 0 Å². The van der Waals surface area contributed by atoms with Crippen LogP contribution < -0.4 is 9.47 Å². The molecule has 0 saturated carbocycles. The van der Waals surface area contributed by atoms with E-state index in [0.29, 0.717) is 6.42 Å². The zero-order valence-corrected chi connectivity index (χ0v) is 14.4. The van der Waals surface area contributed by atoms with Crippen LogP contribution in [0.15, 0.2) is 36.4 Å². The average Bonchev–Trinajstić information content (AvgIpc) is 2.78. The number of nitrogens with zero attached hydrogens (tertiary/aromatic N) is 1. The second-order valence-corrected chi connectivity index (χ2v) is 7.36. The molecule has 0 radical (unpaired) electrons. The Kier molecular flexibility index (Phi) is 3.70. The maximum atomic E-state index is 10.1. The maximum absolute atomic E-state index is 10.1. The normalized spacial score (nSPS) is 31.0. The minimum Gasteiger partial charge on any atom is -0.493 e. The Hall–Kier alpha value is -1.78. The van der Waals surface area contributed by atoms with Crippen molar-refractivity contribution < 1.29 is 14.6 Å². The van der Waals surface area contributed by atoms with Gasteiger partial charge >= 0.3 is 0 Å². The van der Waals surface area contributed by atoms with Crippen molar-refractivity contribution in [2.45, 2.75) is 43.9 Å². The van der Waals surface area contributed by atoms with Gasteiger partial charge in [-0.3, -0.25) is 4.90 Å². The molecule has 1 spiro atoms. The highest BCUT2D eigenvalue weighted by molar-refractivity contribution is 5.61. The van der Waals surface area contributed by atoms with Crippen molar-refractivity contribution in [3.8, 4) is 11.5 Å². The first-order valence-electron chi connectivity index (χ1n) is 8.64. The third kappa shape index (κ3) is 2.28. The SMILES string of the molecule is C=C(C)CN1CCC23C=CC(O)CC2Oc2c(OC)ccc(c23)C1. The zero-order valence-electron chi connectivity index (χ0n) is 14.4. The van der Waals surface area contributed by atoms with E-state index in [9.17, 15) is 5.11 Å². The molecule has 1 aromatic carbocycles. The summed E-state index contributed by atoms with van der Waals surface area (Å²) in [7, 11) is 1.69. The molecule has 24 heavy (non-hydrogen) atoms. The second kappa shape index (κ2) is 5.64. The van der Waals surface area contributed by atoms with E-state index >= 15 is 0 Å². The fourth-order valence-electron chi connectivity index (χ4n) is 4.51. The van der Waals surface area contributed by atoms with Gasteiger partial charge in [-0.05, 0) is 25.0 Å². The Bertz CT molecular complexity index is 711. The Morgan fingerprint density at radius 1 is 1.50 bits per heavy atom. The Morgan fingerprint density at radius 3 is 3.08 bits per heavy atom. The van der Waals surface area contributed by atoms with E-state index < -0.39 is 6.10 Å². The summed E-state index contributed by atoms with van der Waals surface area (Å²) in [4.78, 5) is 2.45. The van der Waals surface area contributed by atoms with Crippen molar-refractivity contribution in [3.63, 3.8) is 0 Å². The highest BCUT2D eigenvalue weighted by Gasteiger charge is 2.52. The minimum atomic E-state index is -0.431. The van der Waals surface area contributed by atoms with E-state index in [0.717, 1.165) is 37.6 Å². The lowest BCUT2D eigenvalue weighted by Gasteiger charge is -2.35. The summed E-state index contributed by atoms with van der Waals surface area (Å²) in [5, 5.41) is 10.1. The largest absolute Gasteiger partial charge is 0.493 e. The van der Waals surface area contributed by atoms with E-state index in [2.05, 4.69) is 30.5 Å². The van der Waals surface area contributed by atoms with E-state index in [1.54, 1.807) is 7.11 Å². The van der Waals surface area contributed by atoms with Crippen LogP contribution in [0.2, 0.25) is 0 Å². The molecule has 0 saturated heterocycles. The molecule has 0 fully saturated rings. The molecule has 3 unspecified atom stereocenters. The molecule has 4 nitrogen and oxygen atoms in total. The van der Waals surface area contributed by atoms with Crippen LogP contribution in [0, 0.1) is 0 Å². The van der Waals surface area contributed by atoms with E-state index in [1.165, 1.54) is 16.7 Å². The molecule has 1 aromatic rings. The molecule has 3 aliphatic rings. The molecular formula is C20H25NO3. The third-order valence-corrected chi connectivity index (χ3v) is 5.53. The number of hydrogen-bond donors (Lipinski definition) is 1. The number of benzene rings is 1. The van der Waals surface area contributed by atoms with Crippen molar-refractivity contribution in [1.29, 1.82) is 0 Å². The fraction of sp³-hybridized carbons (Fsp3) is 0.500. The molecule has 2 heterocycles. The zero-order chi connectivity index (χ0) is 16.9. The van der Waals surface area contributed by atoms with Crippen LogP contribution in [0.3, 0.4) is 0 Å². The standard InChI is InChI=1S/C20H25NO3/c1-13(2)11-21-9-8-20-7-6-15(22)10-17(20)24-19-16(23-3)5-4-14(12-21)18(19)20/h4-7,15,17,22H,1,8-12H2,2-3H3. The lowest BCUT2D eigenvalue weighted by molar-refractivity contribution is 0.0815. The van der Waals surface area contributed by atoms with Crippen LogP contribution in [-0.2, 0) is 12.0 Å². The Morgan fingerprint density at radius 2 is 2.33 bits per heavy atom. The molecule has 0 aromatic heterocycles. The lowest BCUT2D eigenvalue weighted by atomic mass is 9.69. The van der Waals surface area contributed by atoms with Crippen molar-refractivity contribution in [3.05, 3.63) is 47.6 Å². The second-order valence-electron chi connectivity index (χ2n) is 7.36. The summed E-state index contributed by atoms with van der Waals surface area (Å²) in [6.07, 6.45) is 5.29. The van der Waals surface area contributed by atoms with Crippen LogP contribution in [-0.4, -0.2) is 42.4 Å². The summed E-state index contributed by atoms with van der Waals surface area (Å²) in [5.41, 5.74) is 3.59. The van der Waals surface area contributed by atoms with Crippen molar-refractivity contribution in [1.82, 2.24) is 4.90 Å². The lowest BCUT2D eigenvalue weighted by Crippen LogP contribution is -2.43. The number of hydrogen-bond acceptors (Lipinski definition) is 4. The van der Waals surface area contributed by atoms with Gasteiger partial charge in [0.15, 0.2) is 11.5 Å². The van der Waals surface area contributed by atoms with Gasteiger partial charge in [-0.2, -0.15) is 0 Å². The van der Waals surface area contributed by atoms with Gasteiger partial charge in [-0.15, -0.1) is 0 Å². The summed E-state index contributed by atoms with van der Waals surface area (Å²) in [6, 6.07) is 4.17. The molecule has 2 aliphatic heterocycles. The molecular weight excluding hydrogens is 302 g/mol. The molecule has 4 rings (SSSR count). The summed E-state index contributed by atoms with van der Waals surface area (Å²) >= 11 is 0. The molecule has 1 aliphatic carbocycles. The van der Waals surface area contributed by atoms with Crippen LogP contribution in [0.5, 0.6) is 11.5 Å². The first-order chi connectivity index (χ1) is 11.5. The van der Waals surface area contributed by atoms with Crippen molar-refractivity contribution >= 4 is 0 Å². The summed E-state index contributed by atoms with van der Waals surface area (Å²) in [5.74, 6) is 1.66. The maximum Gasteiger partial charge on any atom is 0.166 e. The summed E-state index contributed by atoms with van der Waals surface area (Å²) < 4.78 is 11.9. The van der Waals surface area contributed by atoms with Gasteiger partial charge in [-0.1, -0.05) is 30.4 Å². The molecule has 4 heteroatoms. The summed E-state index contributed by atoms with van der Waals surface area (Å²) in [6.45, 7) is 8.95. The van der Waals surface area contributed by atoms with E-state index in [-0.39, 0.29) is 11.5 Å². The number of methoxy groups -OCH3 is 1. The van der Waals surface area contributed by atoms with Gasteiger partial charge < -0.3 is 14.6 Å². The van der Waals surface area contributed by atoms with Gasteiger partial charge in [0, 0.05) is 31.6 Å². The topological polar surface area (TPSA) is 41.9 Å². The predicted octanol–water partition coefficient (Wildman–Crippen LogP) is 2.80. The average molecular weight is 327 g/mol. The Labute approximate surface area is 143 Å². The fourth-order valence-corrected chi connectivity index (χ4v) is 4.51. The smallest absolute Gasteiger partial charge is 0.166 e. The molecule has 0 bridgehead atoms. The first kappa shape index (κ1) is 15.7. The highest BCUT2D eigenvalue weighted by atomic mass is 16.5. The minimum absolute atomic E-state index is 0.0210. The van der Waals surface area contributed by atoms with Gasteiger partial charge in [-0.25, -0.2) is 0 Å². The third-order valence-electron chi connectivity index (χ3n) is 5.53. The molecule has 1 N–H and O–H groups in total. The monoisotopic (exact) mass is 327 g/mol. The highest BCUT2D eigenvalue weighted by Crippen LogP contribution is 2.55. The molecule has 128 valence electrons. The van der Waals surface area contributed by atoms with Crippen LogP contribution in [0.1, 0.15) is 30.9 Å². The Balaban J connectivity index is 1.85.